The van der Waals surface area contributed by atoms with Gasteiger partial charge >= 0.3 is 11.6 Å². The average molecular weight is 378 g/mol. The number of carbonyl (C=O) groups is 1. The van der Waals surface area contributed by atoms with E-state index in [1.807, 2.05) is 12.1 Å². The van der Waals surface area contributed by atoms with Crippen molar-refractivity contribution < 1.29 is 13.9 Å². The molecule has 0 radical (unpaired) electrons. The Hall–Kier alpha value is -2.88. The molecule has 3 aromatic rings. The van der Waals surface area contributed by atoms with Crippen molar-refractivity contribution >= 4 is 16.9 Å². The highest BCUT2D eigenvalue weighted by atomic mass is 16.5. The van der Waals surface area contributed by atoms with Crippen molar-refractivity contribution in [1.82, 2.24) is 0 Å². The van der Waals surface area contributed by atoms with Gasteiger partial charge in [-0.25, -0.2) is 4.79 Å². The number of hydrogen-bond donors (Lipinski definition) is 0. The highest BCUT2D eigenvalue weighted by Gasteiger charge is 2.13. The van der Waals surface area contributed by atoms with E-state index < -0.39 is 5.97 Å². The van der Waals surface area contributed by atoms with Gasteiger partial charge < -0.3 is 9.15 Å². The summed E-state index contributed by atoms with van der Waals surface area (Å²) in [6, 6.07) is 13.3. The average Bonchev–Trinajstić information content (AvgIpc) is 2.67. The maximum atomic E-state index is 12.7. The third kappa shape index (κ3) is 4.50. The summed E-state index contributed by atoms with van der Waals surface area (Å²) >= 11 is 0. The Labute approximate surface area is 165 Å². The monoisotopic (exact) mass is 378 g/mol. The van der Waals surface area contributed by atoms with Gasteiger partial charge in [0, 0.05) is 18.4 Å². The zero-order valence-electron chi connectivity index (χ0n) is 16.7. The van der Waals surface area contributed by atoms with E-state index in [1.165, 1.54) is 31.7 Å². The van der Waals surface area contributed by atoms with Gasteiger partial charge in [-0.1, -0.05) is 44.9 Å². The summed E-state index contributed by atoms with van der Waals surface area (Å²) in [6.07, 6.45) is 5.52. The molecule has 4 heteroatoms. The Kier molecular flexibility index (Phi) is 6.30. The van der Waals surface area contributed by atoms with Gasteiger partial charge in [0.1, 0.15) is 11.3 Å². The smallest absolute Gasteiger partial charge is 0.344 e. The zero-order valence-corrected chi connectivity index (χ0v) is 16.7. The van der Waals surface area contributed by atoms with Gasteiger partial charge in [0.25, 0.3) is 0 Å². The van der Waals surface area contributed by atoms with E-state index in [4.69, 9.17) is 9.15 Å². The second-order valence-electron chi connectivity index (χ2n) is 7.04. The number of unbranched alkanes of at least 4 members (excludes halogenated alkanes) is 2. The minimum absolute atomic E-state index is 0.363. The van der Waals surface area contributed by atoms with Crippen LogP contribution in [0.1, 0.15) is 51.2 Å². The van der Waals surface area contributed by atoms with Crippen LogP contribution in [0.25, 0.3) is 22.1 Å². The maximum absolute atomic E-state index is 12.7. The van der Waals surface area contributed by atoms with Crippen LogP contribution in [0.2, 0.25) is 0 Å². The Balaban J connectivity index is 1.99. The topological polar surface area (TPSA) is 56.5 Å². The Morgan fingerprint density at radius 3 is 2.54 bits per heavy atom. The lowest BCUT2D eigenvalue weighted by atomic mass is 9.94. The molecule has 0 aliphatic heterocycles. The summed E-state index contributed by atoms with van der Waals surface area (Å²) in [5.41, 5.74) is 3.95. The molecule has 1 heterocycles. The van der Waals surface area contributed by atoms with Gasteiger partial charge in [-0.3, -0.25) is 4.79 Å². The number of aryl methyl sites for hydroxylation is 2. The van der Waals surface area contributed by atoms with Crippen LogP contribution in [0, 0.1) is 0 Å². The number of carbonyl (C=O) groups excluding carboxylic acids is 1. The van der Waals surface area contributed by atoms with Gasteiger partial charge in [-0.15, -0.1) is 0 Å². The van der Waals surface area contributed by atoms with E-state index in [-0.39, 0.29) is 5.63 Å². The van der Waals surface area contributed by atoms with Crippen molar-refractivity contribution in [2.75, 3.05) is 0 Å². The molecular weight excluding hydrogens is 352 g/mol. The number of ether oxygens (including phenoxy) is 1. The van der Waals surface area contributed by atoms with Crippen LogP contribution in [0.3, 0.4) is 0 Å². The number of benzene rings is 2. The summed E-state index contributed by atoms with van der Waals surface area (Å²) < 4.78 is 10.6. The van der Waals surface area contributed by atoms with Crippen molar-refractivity contribution in [1.29, 1.82) is 0 Å². The fraction of sp³-hybridized carbons (Fsp3) is 0.333. The highest BCUT2D eigenvalue weighted by Crippen LogP contribution is 2.28. The Bertz CT molecular complexity index is 1050. The van der Waals surface area contributed by atoms with Crippen molar-refractivity contribution in [2.24, 2.45) is 0 Å². The normalized spacial score (nSPS) is 11.0. The first-order valence-electron chi connectivity index (χ1n) is 9.90. The van der Waals surface area contributed by atoms with Gasteiger partial charge in [0.15, 0.2) is 0 Å². The maximum Gasteiger partial charge on any atom is 0.344 e. The summed E-state index contributed by atoms with van der Waals surface area (Å²) in [7, 11) is 0. The van der Waals surface area contributed by atoms with Crippen molar-refractivity contribution in [3.8, 4) is 16.9 Å². The Morgan fingerprint density at radius 1 is 1.00 bits per heavy atom. The highest BCUT2D eigenvalue weighted by molar-refractivity contribution is 5.84. The summed E-state index contributed by atoms with van der Waals surface area (Å²) in [4.78, 5) is 23.8. The molecule has 0 N–H and O–H groups in total. The molecule has 28 heavy (non-hydrogen) atoms. The second-order valence-corrected chi connectivity index (χ2v) is 7.04. The SMILES string of the molecule is CCCCCc1ccc(-c2cc3ccc(OC(C)=O)cc3oc2=O)c(CC)c1. The Morgan fingerprint density at radius 2 is 1.82 bits per heavy atom. The summed E-state index contributed by atoms with van der Waals surface area (Å²) in [6.45, 7) is 5.64. The van der Waals surface area contributed by atoms with E-state index in [2.05, 4.69) is 26.0 Å². The van der Waals surface area contributed by atoms with E-state index in [0.717, 1.165) is 29.4 Å². The molecule has 0 bridgehead atoms. The fourth-order valence-corrected chi connectivity index (χ4v) is 3.45. The van der Waals surface area contributed by atoms with E-state index in [0.29, 0.717) is 16.9 Å². The first kappa shape index (κ1) is 19.9. The first-order chi connectivity index (χ1) is 13.5. The lowest BCUT2D eigenvalue weighted by Crippen LogP contribution is -2.05. The van der Waals surface area contributed by atoms with Crippen LogP contribution in [-0.4, -0.2) is 5.97 Å². The molecule has 146 valence electrons. The van der Waals surface area contributed by atoms with Gasteiger partial charge in [-0.05, 0) is 54.2 Å². The van der Waals surface area contributed by atoms with Gasteiger partial charge in [-0.2, -0.15) is 0 Å². The predicted molar refractivity (Wildman–Crippen MR) is 112 cm³/mol. The van der Waals surface area contributed by atoms with Crippen LogP contribution in [0.15, 0.2) is 51.7 Å². The number of rotatable bonds is 7. The molecule has 0 aliphatic carbocycles. The molecule has 0 amide bonds. The third-order valence-electron chi connectivity index (χ3n) is 4.88. The molecule has 0 spiro atoms. The molecule has 0 saturated heterocycles. The van der Waals surface area contributed by atoms with Crippen LogP contribution >= 0.6 is 0 Å². The van der Waals surface area contributed by atoms with E-state index in [9.17, 15) is 9.59 Å². The minimum atomic E-state index is -0.412. The van der Waals surface area contributed by atoms with Crippen LogP contribution in [-0.2, 0) is 17.6 Å². The summed E-state index contributed by atoms with van der Waals surface area (Å²) in [5.74, 6) is -0.0495. The molecule has 0 unspecified atom stereocenters. The molecule has 0 fully saturated rings. The number of hydrogen-bond acceptors (Lipinski definition) is 4. The lowest BCUT2D eigenvalue weighted by molar-refractivity contribution is -0.131. The molecule has 2 aromatic carbocycles. The van der Waals surface area contributed by atoms with Crippen LogP contribution in [0.4, 0.5) is 0 Å². The molecule has 0 saturated carbocycles. The molecule has 4 nitrogen and oxygen atoms in total. The predicted octanol–water partition coefficient (Wildman–Crippen LogP) is 5.68. The largest absolute Gasteiger partial charge is 0.427 e. The van der Waals surface area contributed by atoms with Crippen molar-refractivity contribution in [3.05, 3.63) is 64.0 Å². The van der Waals surface area contributed by atoms with Crippen LogP contribution in [0.5, 0.6) is 5.75 Å². The standard InChI is InChI=1S/C24H26O4/c1-4-6-7-8-17-9-12-21(18(5-2)13-17)22-14-19-10-11-20(27-16(3)25)15-23(19)28-24(22)26/h9-15H,4-8H2,1-3H3. The third-order valence-corrected chi connectivity index (χ3v) is 4.88. The zero-order chi connectivity index (χ0) is 20.1. The molecule has 1 aromatic heterocycles. The minimum Gasteiger partial charge on any atom is -0.427 e. The van der Waals surface area contributed by atoms with E-state index in [1.54, 1.807) is 18.2 Å². The number of fused-ring (bicyclic) bond motifs is 1. The molecular formula is C24H26O4. The van der Waals surface area contributed by atoms with Gasteiger partial charge in [0.05, 0.1) is 5.56 Å². The fourth-order valence-electron chi connectivity index (χ4n) is 3.45. The van der Waals surface area contributed by atoms with Crippen molar-refractivity contribution in [3.63, 3.8) is 0 Å². The molecule has 0 atom stereocenters. The van der Waals surface area contributed by atoms with Gasteiger partial charge in [0.2, 0.25) is 0 Å². The molecule has 0 aliphatic rings. The first-order valence-corrected chi connectivity index (χ1v) is 9.90. The lowest BCUT2D eigenvalue weighted by Gasteiger charge is -2.11. The second kappa shape index (κ2) is 8.87. The quantitative estimate of drug-likeness (QED) is 0.230. The van der Waals surface area contributed by atoms with Crippen LogP contribution < -0.4 is 10.4 Å². The summed E-state index contributed by atoms with van der Waals surface area (Å²) in [5, 5.41) is 0.791. The molecule has 3 rings (SSSR count). The van der Waals surface area contributed by atoms with Crippen molar-refractivity contribution in [2.45, 2.75) is 52.9 Å². The van der Waals surface area contributed by atoms with E-state index >= 15 is 0 Å². The number of esters is 1.